The van der Waals surface area contributed by atoms with Crippen molar-refractivity contribution in [3.05, 3.63) is 0 Å². The van der Waals surface area contributed by atoms with Gasteiger partial charge < -0.3 is 10.2 Å². The molecule has 2 amide bonds. The molecule has 2 aliphatic rings. The minimum atomic E-state index is -0.583. The SMILES string of the molecule is CC(C)CN1CCC(=O)NC2(CCCCC2)C1=O. The summed E-state index contributed by atoms with van der Waals surface area (Å²) in [5.41, 5.74) is -0.583. The molecular weight excluding hydrogens is 228 g/mol. The van der Waals surface area contributed by atoms with Crippen LogP contribution in [0.15, 0.2) is 0 Å². The summed E-state index contributed by atoms with van der Waals surface area (Å²) in [6.07, 6.45) is 5.33. The van der Waals surface area contributed by atoms with Crippen molar-refractivity contribution in [2.75, 3.05) is 13.1 Å². The van der Waals surface area contributed by atoms with Gasteiger partial charge in [-0.3, -0.25) is 9.59 Å². The summed E-state index contributed by atoms with van der Waals surface area (Å²) in [6, 6.07) is 0. The zero-order chi connectivity index (χ0) is 13.2. The number of nitrogens with zero attached hydrogens (tertiary/aromatic N) is 1. The van der Waals surface area contributed by atoms with Crippen LogP contribution in [0.2, 0.25) is 0 Å². The molecule has 1 saturated heterocycles. The summed E-state index contributed by atoms with van der Waals surface area (Å²) in [6.45, 7) is 5.56. The van der Waals surface area contributed by atoms with Crippen LogP contribution in [0, 0.1) is 5.92 Å². The van der Waals surface area contributed by atoms with Gasteiger partial charge in [-0.1, -0.05) is 33.1 Å². The molecule has 0 bridgehead atoms. The van der Waals surface area contributed by atoms with Crippen LogP contribution in [-0.4, -0.2) is 35.3 Å². The molecule has 1 aliphatic heterocycles. The maximum absolute atomic E-state index is 12.7. The summed E-state index contributed by atoms with van der Waals surface area (Å²) in [4.78, 5) is 26.5. The highest BCUT2D eigenvalue weighted by Crippen LogP contribution is 2.31. The molecule has 0 unspecified atom stereocenters. The largest absolute Gasteiger partial charge is 0.342 e. The second kappa shape index (κ2) is 5.29. The highest BCUT2D eigenvalue weighted by Gasteiger charge is 2.44. The van der Waals surface area contributed by atoms with Crippen molar-refractivity contribution in [3.8, 4) is 0 Å². The minimum absolute atomic E-state index is 0.0384. The minimum Gasteiger partial charge on any atom is -0.342 e. The average molecular weight is 252 g/mol. The van der Waals surface area contributed by atoms with Gasteiger partial charge in [-0.25, -0.2) is 0 Å². The van der Waals surface area contributed by atoms with E-state index in [1.165, 1.54) is 6.42 Å². The van der Waals surface area contributed by atoms with Crippen molar-refractivity contribution in [2.24, 2.45) is 5.92 Å². The Labute approximate surface area is 109 Å². The number of amides is 2. The van der Waals surface area contributed by atoms with E-state index in [1.54, 1.807) is 0 Å². The molecule has 1 saturated carbocycles. The van der Waals surface area contributed by atoms with E-state index in [0.29, 0.717) is 18.9 Å². The first-order valence-corrected chi connectivity index (χ1v) is 7.14. The number of hydrogen-bond donors (Lipinski definition) is 1. The highest BCUT2D eigenvalue weighted by atomic mass is 16.2. The van der Waals surface area contributed by atoms with E-state index in [-0.39, 0.29) is 11.8 Å². The fourth-order valence-electron chi connectivity index (χ4n) is 3.13. The van der Waals surface area contributed by atoms with Gasteiger partial charge in [0.05, 0.1) is 0 Å². The molecule has 2 fully saturated rings. The van der Waals surface area contributed by atoms with Crippen LogP contribution in [0.25, 0.3) is 0 Å². The Hall–Kier alpha value is -1.06. The third-order valence-corrected chi connectivity index (χ3v) is 3.98. The van der Waals surface area contributed by atoms with Gasteiger partial charge in [0.1, 0.15) is 5.54 Å². The summed E-state index contributed by atoms with van der Waals surface area (Å²) >= 11 is 0. The third-order valence-electron chi connectivity index (χ3n) is 3.98. The number of rotatable bonds is 2. The monoisotopic (exact) mass is 252 g/mol. The molecule has 0 aromatic heterocycles. The predicted molar refractivity (Wildman–Crippen MR) is 70.0 cm³/mol. The Morgan fingerprint density at radius 3 is 2.50 bits per heavy atom. The van der Waals surface area contributed by atoms with Crippen molar-refractivity contribution in [1.82, 2.24) is 10.2 Å². The first-order valence-electron chi connectivity index (χ1n) is 7.14. The normalized spacial score (nSPS) is 24.3. The van der Waals surface area contributed by atoms with E-state index in [0.717, 1.165) is 32.2 Å². The Balaban J connectivity index is 2.20. The molecule has 1 heterocycles. The average Bonchev–Trinajstić information content (AvgIpc) is 2.43. The molecule has 4 nitrogen and oxygen atoms in total. The van der Waals surface area contributed by atoms with Crippen molar-refractivity contribution in [1.29, 1.82) is 0 Å². The van der Waals surface area contributed by atoms with E-state index in [4.69, 9.17) is 0 Å². The number of hydrogen-bond acceptors (Lipinski definition) is 2. The van der Waals surface area contributed by atoms with Gasteiger partial charge in [-0.15, -0.1) is 0 Å². The smallest absolute Gasteiger partial charge is 0.248 e. The Morgan fingerprint density at radius 2 is 1.89 bits per heavy atom. The van der Waals surface area contributed by atoms with Gasteiger partial charge in [-0.2, -0.15) is 0 Å². The molecule has 0 aromatic carbocycles. The lowest BCUT2D eigenvalue weighted by Crippen LogP contribution is -2.58. The molecule has 1 N–H and O–H groups in total. The van der Waals surface area contributed by atoms with Gasteiger partial charge in [0, 0.05) is 19.5 Å². The first-order chi connectivity index (χ1) is 8.53. The Kier molecular flexibility index (Phi) is 3.93. The summed E-state index contributed by atoms with van der Waals surface area (Å²) in [5, 5.41) is 3.02. The van der Waals surface area contributed by atoms with Crippen LogP contribution in [0.1, 0.15) is 52.4 Å². The number of carbonyl (C=O) groups is 2. The van der Waals surface area contributed by atoms with E-state index < -0.39 is 5.54 Å². The second-order valence-electron chi connectivity index (χ2n) is 6.09. The van der Waals surface area contributed by atoms with Crippen LogP contribution in [0.3, 0.4) is 0 Å². The highest BCUT2D eigenvalue weighted by molar-refractivity contribution is 5.93. The Bertz CT molecular complexity index is 333. The van der Waals surface area contributed by atoms with Crippen molar-refractivity contribution in [2.45, 2.75) is 57.9 Å². The fraction of sp³-hybridized carbons (Fsp3) is 0.857. The van der Waals surface area contributed by atoms with E-state index >= 15 is 0 Å². The van der Waals surface area contributed by atoms with Crippen molar-refractivity contribution >= 4 is 11.8 Å². The molecule has 4 heteroatoms. The van der Waals surface area contributed by atoms with Crippen molar-refractivity contribution in [3.63, 3.8) is 0 Å². The maximum Gasteiger partial charge on any atom is 0.248 e. The van der Waals surface area contributed by atoms with E-state index in [1.807, 2.05) is 4.90 Å². The second-order valence-corrected chi connectivity index (χ2v) is 6.09. The summed E-state index contributed by atoms with van der Waals surface area (Å²) < 4.78 is 0. The molecule has 18 heavy (non-hydrogen) atoms. The zero-order valence-corrected chi connectivity index (χ0v) is 11.5. The number of nitrogens with one attached hydrogen (secondary N) is 1. The van der Waals surface area contributed by atoms with Gasteiger partial charge >= 0.3 is 0 Å². The maximum atomic E-state index is 12.7. The molecule has 2 rings (SSSR count). The molecule has 1 aliphatic carbocycles. The molecule has 0 aromatic rings. The lowest BCUT2D eigenvalue weighted by molar-refractivity contribution is -0.140. The molecule has 102 valence electrons. The Morgan fingerprint density at radius 1 is 1.22 bits per heavy atom. The summed E-state index contributed by atoms with van der Waals surface area (Å²) in [5.74, 6) is 0.640. The molecule has 1 spiro atoms. The summed E-state index contributed by atoms with van der Waals surface area (Å²) in [7, 11) is 0. The van der Waals surface area contributed by atoms with E-state index in [9.17, 15) is 9.59 Å². The standard InChI is InChI=1S/C14H24N2O2/c1-11(2)10-16-9-6-12(17)15-14(13(16)18)7-4-3-5-8-14/h11H,3-10H2,1-2H3,(H,15,17). The van der Waals surface area contributed by atoms with Crippen LogP contribution in [0.5, 0.6) is 0 Å². The topological polar surface area (TPSA) is 49.4 Å². The number of carbonyl (C=O) groups excluding carboxylic acids is 2. The quantitative estimate of drug-likeness (QED) is 0.813. The van der Waals surface area contributed by atoms with Gasteiger partial charge in [0.15, 0.2) is 0 Å². The van der Waals surface area contributed by atoms with Crippen LogP contribution >= 0.6 is 0 Å². The van der Waals surface area contributed by atoms with E-state index in [2.05, 4.69) is 19.2 Å². The van der Waals surface area contributed by atoms with Gasteiger partial charge in [0.2, 0.25) is 11.8 Å². The first kappa shape index (κ1) is 13.4. The van der Waals surface area contributed by atoms with Gasteiger partial charge in [0.25, 0.3) is 0 Å². The van der Waals surface area contributed by atoms with Crippen molar-refractivity contribution < 1.29 is 9.59 Å². The van der Waals surface area contributed by atoms with Gasteiger partial charge in [-0.05, 0) is 18.8 Å². The fourth-order valence-corrected chi connectivity index (χ4v) is 3.13. The van der Waals surface area contributed by atoms with Crippen LogP contribution in [0.4, 0.5) is 0 Å². The molecule has 0 atom stereocenters. The van der Waals surface area contributed by atoms with Crippen LogP contribution in [-0.2, 0) is 9.59 Å². The third kappa shape index (κ3) is 2.68. The lowest BCUT2D eigenvalue weighted by Gasteiger charge is -2.38. The molecule has 0 radical (unpaired) electrons. The van der Waals surface area contributed by atoms with Crippen LogP contribution < -0.4 is 5.32 Å². The zero-order valence-electron chi connectivity index (χ0n) is 11.5. The molecular formula is C14H24N2O2. The lowest BCUT2D eigenvalue weighted by atomic mass is 9.80. The predicted octanol–water partition coefficient (Wildman–Crippen LogP) is 1.69.